The maximum atomic E-state index is 13.0. The highest BCUT2D eigenvalue weighted by Crippen LogP contribution is 2.32. The molecule has 0 spiro atoms. The van der Waals surface area contributed by atoms with Gasteiger partial charge in [0.05, 0.1) is 0 Å². The van der Waals surface area contributed by atoms with Crippen LogP contribution in [0.2, 0.25) is 0 Å². The van der Waals surface area contributed by atoms with Gasteiger partial charge in [0.25, 0.3) is 5.91 Å². The lowest BCUT2D eigenvalue weighted by atomic mass is 9.89. The molecule has 0 unspecified atom stereocenters. The molecule has 2 aromatic rings. The van der Waals surface area contributed by atoms with Crippen LogP contribution in [0.4, 0.5) is 5.69 Å². The molecule has 1 amide bonds. The second kappa shape index (κ2) is 11.3. The van der Waals surface area contributed by atoms with Crippen LogP contribution in [0.25, 0.3) is 0 Å². The third-order valence-corrected chi connectivity index (χ3v) is 5.37. The highest BCUT2D eigenvalue weighted by Gasteiger charge is 2.35. The minimum absolute atomic E-state index is 0. The highest BCUT2D eigenvalue weighted by molar-refractivity contribution is 5.94. The maximum absolute atomic E-state index is 13.0. The van der Waals surface area contributed by atoms with Crippen LogP contribution >= 0.6 is 24.8 Å². The van der Waals surface area contributed by atoms with Crippen molar-refractivity contribution in [3.8, 4) is 0 Å². The Labute approximate surface area is 180 Å². The molecule has 1 saturated heterocycles. The Kier molecular flexibility index (Phi) is 9.80. The third-order valence-electron chi connectivity index (χ3n) is 5.37. The lowest BCUT2D eigenvalue weighted by molar-refractivity contribution is 0.0786. The van der Waals surface area contributed by atoms with Gasteiger partial charge < -0.3 is 15.5 Å². The number of carbonyl (C=O) groups is 1. The Morgan fingerprint density at radius 1 is 1.07 bits per heavy atom. The summed E-state index contributed by atoms with van der Waals surface area (Å²) in [5.41, 5.74) is 9.17. The van der Waals surface area contributed by atoms with Crippen LogP contribution in [0.5, 0.6) is 0 Å². The number of hydrogen-bond acceptors (Lipinski definition) is 3. The summed E-state index contributed by atoms with van der Waals surface area (Å²) in [6, 6.07) is 18.4. The van der Waals surface area contributed by atoms with Crippen molar-refractivity contribution >= 4 is 36.4 Å². The second-order valence-corrected chi connectivity index (χ2v) is 7.19. The van der Waals surface area contributed by atoms with E-state index >= 15 is 0 Å². The molecule has 0 saturated carbocycles. The number of carbonyl (C=O) groups excluding carboxylic acids is 1. The molecular weight excluding hydrogens is 393 g/mol. The van der Waals surface area contributed by atoms with E-state index in [4.69, 9.17) is 5.73 Å². The third kappa shape index (κ3) is 5.40. The quantitative estimate of drug-likeness (QED) is 0.757. The summed E-state index contributed by atoms with van der Waals surface area (Å²) >= 11 is 0. The fraction of sp³-hybridized carbons (Fsp3) is 0.409. The molecule has 28 heavy (non-hydrogen) atoms. The summed E-state index contributed by atoms with van der Waals surface area (Å²) in [6.07, 6.45) is 1.10. The van der Waals surface area contributed by atoms with Crippen LogP contribution in [0.3, 0.4) is 0 Å². The average Bonchev–Trinajstić information content (AvgIpc) is 3.13. The van der Waals surface area contributed by atoms with E-state index in [2.05, 4.69) is 43.1 Å². The van der Waals surface area contributed by atoms with Gasteiger partial charge in [-0.25, -0.2) is 0 Å². The number of anilines is 1. The van der Waals surface area contributed by atoms with Gasteiger partial charge in [0.1, 0.15) is 0 Å². The zero-order valence-electron chi connectivity index (χ0n) is 16.6. The molecule has 0 aliphatic carbocycles. The number of hydrogen-bond donors (Lipinski definition) is 1. The molecule has 2 atom stereocenters. The lowest BCUT2D eigenvalue weighted by Crippen LogP contribution is -2.29. The first-order chi connectivity index (χ1) is 12.6. The second-order valence-electron chi connectivity index (χ2n) is 7.19. The monoisotopic (exact) mass is 423 g/mol. The van der Waals surface area contributed by atoms with Gasteiger partial charge in [0.2, 0.25) is 0 Å². The molecular formula is C22H31Cl2N3O. The van der Waals surface area contributed by atoms with Gasteiger partial charge in [0, 0.05) is 43.9 Å². The fourth-order valence-corrected chi connectivity index (χ4v) is 3.86. The first-order valence-corrected chi connectivity index (χ1v) is 9.49. The Morgan fingerprint density at radius 2 is 1.71 bits per heavy atom. The number of nitrogens with two attached hydrogens (primary N) is 1. The van der Waals surface area contributed by atoms with Crippen molar-refractivity contribution in [2.75, 3.05) is 38.1 Å². The van der Waals surface area contributed by atoms with Crippen molar-refractivity contribution in [3.05, 3.63) is 65.7 Å². The number of rotatable bonds is 6. The van der Waals surface area contributed by atoms with Gasteiger partial charge in [-0.15, -0.1) is 24.8 Å². The molecule has 1 heterocycles. The molecule has 2 aromatic carbocycles. The molecule has 4 nitrogen and oxygen atoms in total. The van der Waals surface area contributed by atoms with Crippen molar-refractivity contribution in [1.29, 1.82) is 0 Å². The largest absolute Gasteiger partial charge is 0.375 e. The Bertz CT molecular complexity index is 724. The Balaban J connectivity index is 0.00000196. The zero-order chi connectivity index (χ0) is 18.5. The van der Waals surface area contributed by atoms with Crippen molar-refractivity contribution in [1.82, 2.24) is 4.90 Å². The Morgan fingerprint density at radius 3 is 2.29 bits per heavy atom. The van der Waals surface area contributed by atoms with E-state index < -0.39 is 0 Å². The summed E-state index contributed by atoms with van der Waals surface area (Å²) in [5, 5.41) is 0. The molecule has 0 bridgehead atoms. The molecule has 1 aliphatic rings. The standard InChI is InChI=1S/C22H29N3O.2ClH/c1-3-13-24(2)20-11-9-18(10-12-20)22(26)25-15-19(14-23)21(16-25)17-7-5-4-6-8-17;;/h4-12,19,21H,3,13-16,23H2,1-2H3;2*1H/t19-,21+;;/m1../s1. The van der Waals surface area contributed by atoms with Crippen molar-refractivity contribution in [2.45, 2.75) is 19.3 Å². The molecule has 1 fully saturated rings. The topological polar surface area (TPSA) is 49.6 Å². The number of benzene rings is 2. The lowest BCUT2D eigenvalue weighted by Gasteiger charge is -2.20. The highest BCUT2D eigenvalue weighted by atomic mass is 35.5. The summed E-state index contributed by atoms with van der Waals surface area (Å²) in [7, 11) is 2.08. The van der Waals surface area contributed by atoms with Gasteiger partial charge in [-0.05, 0) is 48.7 Å². The van der Waals surface area contributed by atoms with Gasteiger partial charge >= 0.3 is 0 Å². The zero-order valence-corrected chi connectivity index (χ0v) is 18.2. The van der Waals surface area contributed by atoms with Crippen molar-refractivity contribution < 1.29 is 4.79 Å². The van der Waals surface area contributed by atoms with Crippen LogP contribution in [0.1, 0.15) is 35.2 Å². The fourth-order valence-electron chi connectivity index (χ4n) is 3.86. The van der Waals surface area contributed by atoms with Crippen LogP contribution in [0.15, 0.2) is 54.6 Å². The van der Waals surface area contributed by atoms with Crippen molar-refractivity contribution in [2.24, 2.45) is 11.7 Å². The molecule has 3 rings (SSSR count). The van der Waals surface area contributed by atoms with Crippen LogP contribution < -0.4 is 10.6 Å². The first-order valence-electron chi connectivity index (χ1n) is 9.49. The van der Waals surface area contributed by atoms with E-state index in [-0.39, 0.29) is 30.7 Å². The van der Waals surface area contributed by atoms with Gasteiger partial charge in [-0.2, -0.15) is 0 Å². The number of halogens is 2. The van der Waals surface area contributed by atoms with Gasteiger partial charge in [-0.1, -0.05) is 37.3 Å². The maximum Gasteiger partial charge on any atom is 0.253 e. The molecule has 2 N–H and O–H groups in total. The molecule has 154 valence electrons. The van der Waals surface area contributed by atoms with E-state index in [1.165, 1.54) is 5.56 Å². The summed E-state index contributed by atoms with van der Waals surface area (Å²) in [5.74, 6) is 0.739. The number of nitrogens with zero attached hydrogens (tertiary/aromatic N) is 2. The van der Waals surface area contributed by atoms with E-state index in [1.54, 1.807) is 0 Å². The van der Waals surface area contributed by atoms with Gasteiger partial charge in [-0.3, -0.25) is 4.79 Å². The average molecular weight is 424 g/mol. The van der Waals surface area contributed by atoms with E-state index in [0.717, 1.165) is 37.3 Å². The van der Waals surface area contributed by atoms with E-state index in [9.17, 15) is 4.79 Å². The molecule has 0 aromatic heterocycles. The smallest absolute Gasteiger partial charge is 0.253 e. The Hall–Kier alpha value is -1.75. The summed E-state index contributed by atoms with van der Waals surface area (Å²) in [6.45, 7) is 5.24. The molecule has 1 aliphatic heterocycles. The normalized spacial score (nSPS) is 18.2. The van der Waals surface area contributed by atoms with Crippen LogP contribution in [0, 0.1) is 5.92 Å². The predicted molar refractivity (Wildman–Crippen MR) is 122 cm³/mol. The number of likely N-dealkylation sites (tertiary alicyclic amines) is 1. The molecule has 0 radical (unpaired) electrons. The van der Waals surface area contributed by atoms with Crippen molar-refractivity contribution in [3.63, 3.8) is 0 Å². The minimum atomic E-state index is 0. The minimum Gasteiger partial charge on any atom is -0.375 e. The summed E-state index contributed by atoms with van der Waals surface area (Å²) < 4.78 is 0. The van der Waals surface area contributed by atoms with Crippen LogP contribution in [-0.4, -0.2) is 44.0 Å². The van der Waals surface area contributed by atoms with E-state index in [0.29, 0.717) is 18.4 Å². The number of amides is 1. The predicted octanol–water partition coefficient (Wildman–Crippen LogP) is 4.19. The SMILES string of the molecule is CCCN(C)c1ccc(C(=O)N2C[C@@H](CN)[C@H](c3ccccc3)C2)cc1.Cl.Cl. The van der Waals surface area contributed by atoms with E-state index in [1.807, 2.05) is 35.2 Å². The van der Waals surface area contributed by atoms with Crippen LogP contribution in [-0.2, 0) is 0 Å². The molecule has 6 heteroatoms. The summed E-state index contributed by atoms with van der Waals surface area (Å²) in [4.78, 5) is 17.1. The first kappa shape index (κ1) is 24.3. The van der Waals surface area contributed by atoms with Gasteiger partial charge in [0.15, 0.2) is 0 Å².